The quantitative estimate of drug-likeness (QED) is 0.766. The SMILES string of the molecule is CC(=O)NC(CC(=O)c1ccc(F)cc1)C(=O)O. The molecule has 1 amide bonds. The highest BCUT2D eigenvalue weighted by atomic mass is 19.1. The minimum Gasteiger partial charge on any atom is -0.480 e. The summed E-state index contributed by atoms with van der Waals surface area (Å²) in [6, 6.07) is 3.48. The number of ketones is 1. The number of carboxylic acids is 1. The van der Waals surface area contributed by atoms with Crippen LogP contribution in [-0.4, -0.2) is 28.8 Å². The van der Waals surface area contributed by atoms with Crippen molar-refractivity contribution in [2.24, 2.45) is 0 Å². The van der Waals surface area contributed by atoms with Crippen LogP contribution < -0.4 is 5.32 Å². The molecule has 0 spiro atoms. The number of hydrogen-bond donors (Lipinski definition) is 2. The van der Waals surface area contributed by atoms with Crippen LogP contribution in [0, 0.1) is 5.82 Å². The van der Waals surface area contributed by atoms with Gasteiger partial charge in [0.15, 0.2) is 5.78 Å². The number of amides is 1. The van der Waals surface area contributed by atoms with Crippen LogP contribution in [-0.2, 0) is 9.59 Å². The van der Waals surface area contributed by atoms with Gasteiger partial charge in [-0.3, -0.25) is 9.59 Å². The molecule has 1 aromatic rings. The average molecular weight is 253 g/mol. The fourth-order valence-electron chi connectivity index (χ4n) is 1.38. The summed E-state index contributed by atoms with van der Waals surface area (Å²) in [4.78, 5) is 33.3. The van der Waals surface area contributed by atoms with E-state index in [1.165, 1.54) is 12.1 Å². The van der Waals surface area contributed by atoms with Crippen LogP contribution in [0.3, 0.4) is 0 Å². The fraction of sp³-hybridized carbons (Fsp3) is 0.250. The summed E-state index contributed by atoms with van der Waals surface area (Å²) >= 11 is 0. The zero-order valence-corrected chi connectivity index (χ0v) is 9.64. The van der Waals surface area contributed by atoms with Crippen LogP contribution in [0.5, 0.6) is 0 Å². The van der Waals surface area contributed by atoms with Crippen LogP contribution >= 0.6 is 0 Å². The third-order valence-electron chi connectivity index (χ3n) is 2.23. The van der Waals surface area contributed by atoms with E-state index in [0.29, 0.717) is 0 Å². The first-order valence-corrected chi connectivity index (χ1v) is 5.19. The van der Waals surface area contributed by atoms with Gasteiger partial charge in [0.05, 0.1) is 0 Å². The van der Waals surface area contributed by atoms with E-state index in [1.54, 1.807) is 0 Å². The number of Topliss-reactive ketones (excluding diaryl/α,β-unsaturated/α-hetero) is 1. The molecule has 1 atom stereocenters. The van der Waals surface area contributed by atoms with Gasteiger partial charge in [0, 0.05) is 18.9 Å². The molecule has 0 aliphatic rings. The highest BCUT2D eigenvalue weighted by Gasteiger charge is 2.22. The first kappa shape index (κ1) is 13.8. The molecular weight excluding hydrogens is 241 g/mol. The smallest absolute Gasteiger partial charge is 0.326 e. The maximum atomic E-state index is 12.7. The lowest BCUT2D eigenvalue weighted by atomic mass is 10.0. The normalized spacial score (nSPS) is 11.7. The molecule has 96 valence electrons. The number of rotatable bonds is 5. The molecule has 0 aromatic heterocycles. The van der Waals surface area contributed by atoms with Crippen LogP contribution in [0.1, 0.15) is 23.7 Å². The fourth-order valence-corrected chi connectivity index (χ4v) is 1.38. The van der Waals surface area contributed by atoms with E-state index < -0.39 is 29.5 Å². The molecule has 0 aliphatic heterocycles. The Hall–Kier alpha value is -2.24. The second-order valence-corrected chi connectivity index (χ2v) is 3.73. The maximum absolute atomic E-state index is 12.7. The van der Waals surface area contributed by atoms with Gasteiger partial charge in [0.1, 0.15) is 11.9 Å². The van der Waals surface area contributed by atoms with E-state index in [2.05, 4.69) is 5.32 Å². The van der Waals surface area contributed by atoms with Gasteiger partial charge in [0.2, 0.25) is 5.91 Å². The van der Waals surface area contributed by atoms with Crippen molar-refractivity contribution in [1.82, 2.24) is 5.32 Å². The second kappa shape index (κ2) is 5.90. The van der Waals surface area contributed by atoms with E-state index in [0.717, 1.165) is 19.1 Å². The summed E-state index contributed by atoms with van der Waals surface area (Å²) < 4.78 is 12.7. The van der Waals surface area contributed by atoms with Crippen LogP contribution in [0.25, 0.3) is 0 Å². The Bertz CT molecular complexity index is 469. The largest absolute Gasteiger partial charge is 0.480 e. The molecular formula is C12H12FNO4. The Morgan fingerprint density at radius 1 is 1.28 bits per heavy atom. The van der Waals surface area contributed by atoms with Crippen molar-refractivity contribution in [3.63, 3.8) is 0 Å². The number of carbonyl (C=O) groups is 3. The monoisotopic (exact) mass is 253 g/mol. The van der Waals surface area contributed by atoms with Gasteiger partial charge in [-0.05, 0) is 24.3 Å². The third-order valence-corrected chi connectivity index (χ3v) is 2.23. The van der Waals surface area contributed by atoms with Crippen molar-refractivity contribution >= 4 is 17.7 Å². The molecule has 1 aromatic carbocycles. The molecule has 6 heteroatoms. The zero-order chi connectivity index (χ0) is 13.7. The van der Waals surface area contributed by atoms with Gasteiger partial charge in [0.25, 0.3) is 0 Å². The molecule has 0 aliphatic carbocycles. The van der Waals surface area contributed by atoms with Gasteiger partial charge in [-0.15, -0.1) is 0 Å². The molecule has 1 unspecified atom stereocenters. The molecule has 0 saturated heterocycles. The molecule has 0 bridgehead atoms. The number of benzene rings is 1. The maximum Gasteiger partial charge on any atom is 0.326 e. The highest BCUT2D eigenvalue weighted by molar-refractivity contribution is 5.99. The number of nitrogens with one attached hydrogen (secondary N) is 1. The van der Waals surface area contributed by atoms with Gasteiger partial charge in [-0.1, -0.05) is 0 Å². The summed E-state index contributed by atoms with van der Waals surface area (Å²) in [5, 5.41) is 11.0. The Morgan fingerprint density at radius 3 is 2.28 bits per heavy atom. The lowest BCUT2D eigenvalue weighted by molar-refractivity contribution is -0.141. The number of halogens is 1. The van der Waals surface area contributed by atoms with Crippen molar-refractivity contribution in [2.75, 3.05) is 0 Å². The van der Waals surface area contributed by atoms with Crippen LogP contribution in [0.4, 0.5) is 4.39 Å². The standard InChI is InChI=1S/C12H12FNO4/c1-7(15)14-10(12(17)18)6-11(16)8-2-4-9(13)5-3-8/h2-5,10H,6H2,1H3,(H,14,15)(H,17,18). The minimum atomic E-state index is -1.29. The van der Waals surface area contributed by atoms with Crippen molar-refractivity contribution in [1.29, 1.82) is 0 Å². The topological polar surface area (TPSA) is 83.5 Å². The summed E-state index contributed by atoms with van der Waals surface area (Å²) in [5.74, 6) is -2.78. The molecule has 0 radical (unpaired) electrons. The highest BCUT2D eigenvalue weighted by Crippen LogP contribution is 2.08. The Balaban J connectivity index is 2.75. The van der Waals surface area contributed by atoms with Crippen molar-refractivity contribution in [2.45, 2.75) is 19.4 Å². The molecule has 0 saturated carbocycles. The van der Waals surface area contributed by atoms with E-state index in [4.69, 9.17) is 5.11 Å². The number of carboxylic acid groups (broad SMARTS) is 1. The van der Waals surface area contributed by atoms with Crippen molar-refractivity contribution in [3.8, 4) is 0 Å². The van der Waals surface area contributed by atoms with Crippen LogP contribution in [0.2, 0.25) is 0 Å². The van der Waals surface area contributed by atoms with E-state index >= 15 is 0 Å². The third kappa shape index (κ3) is 3.97. The Morgan fingerprint density at radius 2 is 1.83 bits per heavy atom. The number of hydrogen-bond acceptors (Lipinski definition) is 3. The summed E-state index contributed by atoms with van der Waals surface area (Å²) in [5.41, 5.74) is 0.202. The predicted octanol–water partition coefficient (Wildman–Crippen LogP) is 0.988. The molecule has 18 heavy (non-hydrogen) atoms. The molecule has 0 fully saturated rings. The van der Waals surface area contributed by atoms with Gasteiger partial charge in [-0.2, -0.15) is 0 Å². The first-order valence-electron chi connectivity index (χ1n) is 5.19. The Labute approximate surface area is 103 Å². The Kier molecular flexibility index (Phi) is 4.53. The van der Waals surface area contributed by atoms with Gasteiger partial charge < -0.3 is 10.4 Å². The summed E-state index contributed by atoms with van der Waals surface area (Å²) in [6.45, 7) is 1.16. The van der Waals surface area contributed by atoms with Crippen LogP contribution in [0.15, 0.2) is 24.3 Å². The first-order chi connectivity index (χ1) is 8.40. The average Bonchev–Trinajstić information content (AvgIpc) is 2.28. The van der Waals surface area contributed by atoms with E-state index in [-0.39, 0.29) is 12.0 Å². The second-order valence-electron chi connectivity index (χ2n) is 3.73. The van der Waals surface area contributed by atoms with Gasteiger partial charge in [-0.25, -0.2) is 9.18 Å². The molecule has 5 nitrogen and oxygen atoms in total. The number of aliphatic carboxylic acids is 1. The lowest BCUT2D eigenvalue weighted by Crippen LogP contribution is -2.41. The lowest BCUT2D eigenvalue weighted by Gasteiger charge is -2.12. The summed E-state index contributed by atoms with van der Waals surface area (Å²) in [6.07, 6.45) is -0.374. The molecule has 2 N–H and O–H groups in total. The predicted molar refractivity (Wildman–Crippen MR) is 60.6 cm³/mol. The van der Waals surface area contributed by atoms with E-state index in [9.17, 15) is 18.8 Å². The summed E-state index contributed by atoms with van der Waals surface area (Å²) in [7, 11) is 0. The molecule has 0 heterocycles. The minimum absolute atomic E-state index is 0.202. The van der Waals surface area contributed by atoms with Crippen molar-refractivity contribution < 1.29 is 23.9 Å². The van der Waals surface area contributed by atoms with Crippen molar-refractivity contribution in [3.05, 3.63) is 35.6 Å². The van der Waals surface area contributed by atoms with E-state index in [1.807, 2.05) is 0 Å². The van der Waals surface area contributed by atoms with Gasteiger partial charge >= 0.3 is 5.97 Å². The molecule has 1 rings (SSSR count). The zero-order valence-electron chi connectivity index (χ0n) is 9.64. The number of carbonyl (C=O) groups excluding carboxylic acids is 2.